The molecule has 33 heavy (non-hydrogen) atoms. The first kappa shape index (κ1) is 19.9. The minimum absolute atomic E-state index is 0.0200. The summed E-state index contributed by atoms with van der Waals surface area (Å²) in [7, 11) is 0. The molecular formula is C24H19N9. The Bertz CT molecular complexity index is 1490. The van der Waals surface area contributed by atoms with E-state index in [1.165, 1.54) is 5.56 Å². The number of nitrogens with one attached hydrogen (secondary N) is 2. The molecule has 160 valence electrons. The SMILES string of the molecule is N#CNC1=NC(c2ccc3c(ccn3Cc3ccccc3)c2)c2c(nc(N)c(C#N)c2N)N1. The Morgan fingerprint density at radius 2 is 1.91 bits per heavy atom. The molecule has 0 bridgehead atoms. The molecule has 0 spiro atoms. The highest BCUT2D eigenvalue weighted by Gasteiger charge is 2.29. The number of guanidine groups is 1. The van der Waals surface area contributed by atoms with E-state index in [0.717, 1.165) is 23.0 Å². The molecule has 1 aliphatic rings. The number of nitrogens with two attached hydrogens (primary N) is 2. The molecule has 9 heteroatoms. The summed E-state index contributed by atoms with van der Waals surface area (Å²) in [6.07, 6.45) is 3.91. The van der Waals surface area contributed by atoms with Crippen molar-refractivity contribution in [3.05, 3.63) is 83.0 Å². The van der Waals surface area contributed by atoms with Gasteiger partial charge in [0.05, 0.1) is 5.69 Å². The monoisotopic (exact) mass is 433 g/mol. The molecule has 0 radical (unpaired) electrons. The first-order chi connectivity index (χ1) is 16.1. The van der Waals surface area contributed by atoms with Gasteiger partial charge in [-0.2, -0.15) is 10.5 Å². The number of nitrogens with zero attached hydrogens (tertiary/aromatic N) is 5. The maximum Gasteiger partial charge on any atom is 0.211 e. The van der Waals surface area contributed by atoms with Crippen molar-refractivity contribution in [2.45, 2.75) is 12.6 Å². The van der Waals surface area contributed by atoms with Crippen LogP contribution in [0.4, 0.5) is 17.3 Å². The molecule has 6 N–H and O–H groups in total. The van der Waals surface area contributed by atoms with Gasteiger partial charge in [0.2, 0.25) is 5.96 Å². The van der Waals surface area contributed by atoms with Gasteiger partial charge in [-0.1, -0.05) is 36.4 Å². The molecule has 5 rings (SSSR count). The van der Waals surface area contributed by atoms with Crippen LogP contribution in [0.25, 0.3) is 10.9 Å². The third-order valence-electron chi connectivity index (χ3n) is 5.66. The van der Waals surface area contributed by atoms with Gasteiger partial charge < -0.3 is 21.4 Å². The number of benzene rings is 2. The van der Waals surface area contributed by atoms with Crippen LogP contribution in [0.15, 0.2) is 65.8 Å². The summed E-state index contributed by atoms with van der Waals surface area (Å²) in [6, 6.07) is 19.8. The standard InChI is InChI=1S/C24H19N9/c25-11-17-20(27)19-21(30-24(29-13-26)32-23(19)31-22(17)28)16-6-7-18-15(10-16)8-9-33(18)12-14-4-2-1-3-5-14/h1-10,21H,12H2,(H6,27,28,29,30,31,32). The number of anilines is 3. The molecule has 0 amide bonds. The van der Waals surface area contributed by atoms with Crippen molar-refractivity contribution < 1.29 is 0 Å². The van der Waals surface area contributed by atoms with Gasteiger partial charge in [-0.15, -0.1) is 0 Å². The number of aliphatic imine (C=N–C) groups is 1. The molecule has 1 unspecified atom stereocenters. The Kier molecular flexibility index (Phi) is 4.77. The van der Waals surface area contributed by atoms with Crippen molar-refractivity contribution in [2.24, 2.45) is 4.99 Å². The van der Waals surface area contributed by atoms with E-state index in [2.05, 4.69) is 37.3 Å². The highest BCUT2D eigenvalue weighted by molar-refractivity contribution is 5.98. The maximum absolute atomic E-state index is 9.49. The van der Waals surface area contributed by atoms with E-state index >= 15 is 0 Å². The first-order valence-electron chi connectivity index (χ1n) is 10.2. The Balaban J connectivity index is 1.60. The van der Waals surface area contributed by atoms with Gasteiger partial charge in [-0.05, 0) is 34.7 Å². The van der Waals surface area contributed by atoms with Crippen molar-refractivity contribution in [3.63, 3.8) is 0 Å². The molecule has 0 saturated carbocycles. The molecule has 2 aromatic carbocycles. The number of hydrogen-bond acceptors (Lipinski definition) is 8. The summed E-state index contributed by atoms with van der Waals surface area (Å²) in [4.78, 5) is 8.92. The molecular weight excluding hydrogens is 414 g/mol. The number of hydrogen-bond donors (Lipinski definition) is 4. The molecule has 0 aliphatic carbocycles. The molecule has 1 aliphatic heterocycles. The second kappa shape index (κ2) is 7.91. The summed E-state index contributed by atoms with van der Waals surface area (Å²) < 4.78 is 2.18. The first-order valence-corrected chi connectivity index (χ1v) is 10.2. The second-order valence-corrected chi connectivity index (χ2v) is 7.65. The summed E-state index contributed by atoms with van der Waals surface area (Å²) >= 11 is 0. The fourth-order valence-corrected chi connectivity index (χ4v) is 4.13. The van der Waals surface area contributed by atoms with Crippen LogP contribution in [-0.2, 0) is 6.54 Å². The van der Waals surface area contributed by atoms with Crippen molar-refractivity contribution in [1.29, 1.82) is 10.5 Å². The molecule has 2 aromatic heterocycles. The van der Waals surface area contributed by atoms with Crippen LogP contribution in [0.2, 0.25) is 0 Å². The van der Waals surface area contributed by atoms with Crippen LogP contribution >= 0.6 is 0 Å². The topological polar surface area (TPSA) is 154 Å². The van der Waals surface area contributed by atoms with Crippen LogP contribution in [-0.4, -0.2) is 15.5 Å². The smallest absolute Gasteiger partial charge is 0.211 e. The third kappa shape index (κ3) is 3.44. The van der Waals surface area contributed by atoms with Gasteiger partial charge in [-0.3, -0.25) is 5.32 Å². The number of pyridine rings is 1. The van der Waals surface area contributed by atoms with E-state index in [9.17, 15) is 5.26 Å². The van der Waals surface area contributed by atoms with Gasteiger partial charge in [-0.25, -0.2) is 9.98 Å². The van der Waals surface area contributed by atoms with Gasteiger partial charge >= 0.3 is 0 Å². The lowest BCUT2D eigenvalue weighted by atomic mass is 9.94. The van der Waals surface area contributed by atoms with Gasteiger partial charge in [0.1, 0.15) is 29.3 Å². The Morgan fingerprint density at radius 3 is 2.67 bits per heavy atom. The van der Waals surface area contributed by atoms with E-state index in [4.69, 9.17) is 16.7 Å². The van der Waals surface area contributed by atoms with Crippen molar-refractivity contribution >= 4 is 34.2 Å². The van der Waals surface area contributed by atoms with Crippen LogP contribution in [0, 0.1) is 22.8 Å². The number of rotatable bonds is 3. The Hall–Kier alpha value is -5.02. The zero-order valence-electron chi connectivity index (χ0n) is 17.4. The Labute approximate surface area is 189 Å². The van der Waals surface area contributed by atoms with Crippen LogP contribution in [0.1, 0.15) is 28.3 Å². The normalized spacial score (nSPS) is 14.5. The molecule has 0 fully saturated rings. The largest absolute Gasteiger partial charge is 0.397 e. The second-order valence-electron chi connectivity index (χ2n) is 7.65. The highest BCUT2D eigenvalue weighted by Crippen LogP contribution is 2.41. The molecule has 9 nitrogen and oxygen atoms in total. The zero-order valence-corrected chi connectivity index (χ0v) is 17.4. The molecule has 4 aromatic rings. The lowest BCUT2D eigenvalue weighted by molar-refractivity contribution is 0.833. The summed E-state index contributed by atoms with van der Waals surface area (Å²) in [5.74, 6) is 0.614. The quantitative estimate of drug-likeness (QED) is 0.286. The summed E-state index contributed by atoms with van der Waals surface area (Å²) in [6.45, 7) is 0.760. The van der Waals surface area contributed by atoms with E-state index in [0.29, 0.717) is 11.4 Å². The predicted molar refractivity (Wildman–Crippen MR) is 127 cm³/mol. The molecule has 0 saturated heterocycles. The third-order valence-corrected chi connectivity index (χ3v) is 5.66. The van der Waals surface area contributed by atoms with Crippen molar-refractivity contribution in [1.82, 2.24) is 14.9 Å². The van der Waals surface area contributed by atoms with Crippen molar-refractivity contribution in [3.8, 4) is 12.3 Å². The summed E-state index contributed by atoms with van der Waals surface area (Å²) in [5.41, 5.74) is 16.3. The zero-order chi connectivity index (χ0) is 22.9. The minimum atomic E-state index is -0.570. The van der Waals surface area contributed by atoms with Gasteiger partial charge in [0.15, 0.2) is 6.19 Å². The average Bonchev–Trinajstić information content (AvgIpc) is 3.21. The van der Waals surface area contributed by atoms with Crippen LogP contribution in [0.3, 0.4) is 0 Å². The number of aromatic nitrogens is 2. The van der Waals surface area contributed by atoms with Gasteiger partial charge in [0, 0.05) is 23.8 Å². The van der Waals surface area contributed by atoms with Crippen molar-refractivity contribution in [2.75, 3.05) is 16.8 Å². The minimum Gasteiger partial charge on any atom is -0.397 e. The fourth-order valence-electron chi connectivity index (χ4n) is 4.13. The number of nitriles is 2. The lowest BCUT2D eigenvalue weighted by Crippen LogP contribution is -2.32. The average molecular weight is 433 g/mol. The van der Waals surface area contributed by atoms with Crippen LogP contribution < -0.4 is 22.1 Å². The number of nitrogen functional groups attached to an aromatic ring is 2. The molecule has 1 atom stereocenters. The lowest BCUT2D eigenvalue weighted by Gasteiger charge is -2.26. The van der Waals surface area contributed by atoms with Gasteiger partial charge in [0.25, 0.3) is 0 Å². The predicted octanol–water partition coefficient (Wildman–Crippen LogP) is 3.06. The molecule has 3 heterocycles. The van der Waals surface area contributed by atoms with E-state index in [-0.39, 0.29) is 23.0 Å². The maximum atomic E-state index is 9.49. The van der Waals surface area contributed by atoms with E-state index < -0.39 is 6.04 Å². The Morgan fingerprint density at radius 1 is 1.09 bits per heavy atom. The van der Waals surface area contributed by atoms with E-state index in [1.54, 1.807) is 0 Å². The fraction of sp³-hybridized carbons (Fsp3) is 0.0833. The van der Waals surface area contributed by atoms with E-state index in [1.807, 2.05) is 60.9 Å². The number of fused-ring (bicyclic) bond motifs is 2. The highest BCUT2D eigenvalue weighted by atomic mass is 15.2. The van der Waals surface area contributed by atoms with Crippen LogP contribution in [0.5, 0.6) is 0 Å². The summed E-state index contributed by atoms with van der Waals surface area (Å²) in [5, 5.41) is 25.1.